The van der Waals surface area contributed by atoms with Crippen LogP contribution in [0.5, 0.6) is 0 Å². The number of allylic oxidation sites excluding steroid dienone is 4. The van der Waals surface area contributed by atoms with E-state index < -0.39 is 0 Å². The molecule has 25 heavy (non-hydrogen) atoms. The lowest BCUT2D eigenvalue weighted by Crippen LogP contribution is -1.95. The van der Waals surface area contributed by atoms with E-state index in [1.54, 1.807) is 6.08 Å². The molecular formula is C23H20N2. The third-order valence-corrected chi connectivity index (χ3v) is 3.92. The quantitative estimate of drug-likeness (QED) is 0.548. The van der Waals surface area contributed by atoms with Crippen LogP contribution in [-0.4, -0.2) is 9.97 Å². The summed E-state index contributed by atoms with van der Waals surface area (Å²) in [6.45, 7) is 9.60. The number of benzene rings is 2. The molecule has 0 N–H and O–H groups in total. The predicted octanol–water partition coefficient (Wildman–Crippen LogP) is 5.87. The zero-order valence-electron chi connectivity index (χ0n) is 14.3. The standard InChI is InChI=1S/C23H20N2/c1-4-9-18(5-2)19-12-14-20(15-13-19)22-16-17(3)24-23(25-22)21-10-7-6-8-11-21/h4-16H,1-2H2,3H3/b18-9+. The number of aryl methyl sites for hydroxylation is 1. The van der Waals surface area contributed by atoms with E-state index in [0.29, 0.717) is 0 Å². The van der Waals surface area contributed by atoms with Gasteiger partial charge in [-0.2, -0.15) is 0 Å². The van der Waals surface area contributed by atoms with Crippen molar-refractivity contribution < 1.29 is 0 Å². The van der Waals surface area contributed by atoms with Crippen LogP contribution in [0.2, 0.25) is 0 Å². The highest BCUT2D eigenvalue weighted by molar-refractivity contribution is 5.76. The zero-order chi connectivity index (χ0) is 17.6. The van der Waals surface area contributed by atoms with Crippen molar-refractivity contribution in [2.45, 2.75) is 6.92 Å². The molecule has 0 aliphatic carbocycles. The highest BCUT2D eigenvalue weighted by atomic mass is 14.9. The predicted molar refractivity (Wildman–Crippen MR) is 106 cm³/mol. The summed E-state index contributed by atoms with van der Waals surface area (Å²) in [5, 5.41) is 0. The van der Waals surface area contributed by atoms with Gasteiger partial charge in [-0.25, -0.2) is 9.97 Å². The van der Waals surface area contributed by atoms with Gasteiger partial charge in [0.05, 0.1) is 5.69 Å². The fourth-order valence-corrected chi connectivity index (χ4v) is 2.68. The van der Waals surface area contributed by atoms with Crippen LogP contribution in [0.4, 0.5) is 0 Å². The summed E-state index contributed by atoms with van der Waals surface area (Å²) in [4.78, 5) is 9.31. The maximum atomic E-state index is 4.74. The third-order valence-electron chi connectivity index (χ3n) is 3.92. The molecule has 122 valence electrons. The van der Waals surface area contributed by atoms with Crippen molar-refractivity contribution in [2.24, 2.45) is 0 Å². The molecule has 0 atom stereocenters. The van der Waals surface area contributed by atoms with Gasteiger partial charge in [-0.3, -0.25) is 0 Å². The fraction of sp³-hybridized carbons (Fsp3) is 0.0435. The average molecular weight is 324 g/mol. The van der Waals surface area contributed by atoms with E-state index >= 15 is 0 Å². The Labute approximate surface area is 148 Å². The molecule has 2 aromatic carbocycles. The van der Waals surface area contributed by atoms with Gasteiger partial charge in [0.1, 0.15) is 0 Å². The summed E-state index contributed by atoms with van der Waals surface area (Å²) in [5.74, 6) is 0.748. The smallest absolute Gasteiger partial charge is 0.160 e. The summed E-state index contributed by atoms with van der Waals surface area (Å²) in [6.07, 6.45) is 5.55. The van der Waals surface area contributed by atoms with Crippen LogP contribution in [-0.2, 0) is 0 Å². The maximum Gasteiger partial charge on any atom is 0.160 e. The van der Waals surface area contributed by atoms with E-state index in [-0.39, 0.29) is 0 Å². The van der Waals surface area contributed by atoms with Gasteiger partial charge in [0, 0.05) is 16.8 Å². The lowest BCUT2D eigenvalue weighted by atomic mass is 10.0. The summed E-state index contributed by atoms with van der Waals surface area (Å²) in [6, 6.07) is 20.4. The second-order valence-electron chi connectivity index (χ2n) is 5.72. The minimum Gasteiger partial charge on any atom is -0.233 e. The summed E-state index contributed by atoms with van der Waals surface area (Å²) in [5.41, 5.74) is 6.11. The van der Waals surface area contributed by atoms with Crippen LogP contribution in [0, 0.1) is 6.92 Å². The molecule has 0 amide bonds. The average Bonchev–Trinajstić information content (AvgIpc) is 2.66. The van der Waals surface area contributed by atoms with Crippen molar-refractivity contribution in [3.05, 3.63) is 103 Å². The van der Waals surface area contributed by atoms with Crippen LogP contribution in [0.3, 0.4) is 0 Å². The molecule has 0 spiro atoms. The molecule has 0 bridgehead atoms. The molecular weight excluding hydrogens is 304 g/mol. The Morgan fingerprint density at radius 2 is 1.60 bits per heavy atom. The highest BCUT2D eigenvalue weighted by Crippen LogP contribution is 2.24. The minimum atomic E-state index is 0.748. The molecule has 2 nitrogen and oxygen atoms in total. The van der Waals surface area contributed by atoms with Crippen molar-refractivity contribution in [1.82, 2.24) is 9.97 Å². The number of aromatic nitrogens is 2. The van der Waals surface area contributed by atoms with Gasteiger partial charge in [-0.05, 0) is 24.1 Å². The third kappa shape index (κ3) is 3.81. The molecule has 0 unspecified atom stereocenters. The number of hydrogen-bond acceptors (Lipinski definition) is 2. The monoisotopic (exact) mass is 324 g/mol. The molecule has 0 fully saturated rings. The topological polar surface area (TPSA) is 25.8 Å². The first-order valence-electron chi connectivity index (χ1n) is 8.18. The summed E-state index contributed by atoms with van der Waals surface area (Å²) >= 11 is 0. The van der Waals surface area contributed by atoms with Crippen molar-refractivity contribution in [1.29, 1.82) is 0 Å². The normalized spacial score (nSPS) is 11.2. The van der Waals surface area contributed by atoms with E-state index in [0.717, 1.165) is 39.5 Å². The van der Waals surface area contributed by atoms with Gasteiger partial charge in [0.25, 0.3) is 0 Å². The van der Waals surface area contributed by atoms with Gasteiger partial charge >= 0.3 is 0 Å². The Bertz CT molecular complexity index is 920. The molecule has 0 radical (unpaired) electrons. The van der Waals surface area contributed by atoms with Crippen molar-refractivity contribution in [2.75, 3.05) is 0 Å². The van der Waals surface area contributed by atoms with Gasteiger partial charge < -0.3 is 0 Å². The Kier molecular flexibility index (Phi) is 5.00. The first kappa shape index (κ1) is 16.6. The van der Waals surface area contributed by atoms with Crippen LogP contribution in [0.1, 0.15) is 11.3 Å². The summed E-state index contributed by atoms with van der Waals surface area (Å²) in [7, 11) is 0. The molecule has 0 aliphatic rings. The zero-order valence-corrected chi connectivity index (χ0v) is 14.3. The maximum absolute atomic E-state index is 4.74. The summed E-state index contributed by atoms with van der Waals surface area (Å²) < 4.78 is 0. The Morgan fingerprint density at radius 3 is 2.24 bits per heavy atom. The van der Waals surface area contributed by atoms with Gasteiger partial charge in [0.2, 0.25) is 0 Å². The minimum absolute atomic E-state index is 0.748. The van der Waals surface area contributed by atoms with E-state index in [2.05, 4.69) is 42.4 Å². The van der Waals surface area contributed by atoms with E-state index in [4.69, 9.17) is 4.98 Å². The van der Waals surface area contributed by atoms with Gasteiger partial charge in [-0.1, -0.05) is 86.0 Å². The van der Waals surface area contributed by atoms with Crippen LogP contribution in [0.15, 0.2) is 92.0 Å². The molecule has 3 rings (SSSR count). The highest BCUT2D eigenvalue weighted by Gasteiger charge is 2.07. The van der Waals surface area contributed by atoms with Crippen molar-refractivity contribution in [3.8, 4) is 22.6 Å². The van der Waals surface area contributed by atoms with E-state index in [1.165, 1.54) is 0 Å². The molecule has 3 aromatic rings. The molecule has 2 heteroatoms. The number of nitrogens with zero attached hydrogens (tertiary/aromatic N) is 2. The Morgan fingerprint density at radius 1 is 0.880 bits per heavy atom. The van der Waals surface area contributed by atoms with E-state index in [9.17, 15) is 0 Å². The molecule has 0 aliphatic heterocycles. The van der Waals surface area contributed by atoms with Crippen LogP contribution in [0.25, 0.3) is 28.2 Å². The largest absolute Gasteiger partial charge is 0.233 e. The van der Waals surface area contributed by atoms with Gasteiger partial charge in [-0.15, -0.1) is 0 Å². The molecule has 0 saturated heterocycles. The van der Waals surface area contributed by atoms with Crippen LogP contribution < -0.4 is 0 Å². The lowest BCUT2D eigenvalue weighted by molar-refractivity contribution is 1.11. The lowest BCUT2D eigenvalue weighted by Gasteiger charge is -2.08. The van der Waals surface area contributed by atoms with Crippen molar-refractivity contribution >= 4 is 5.57 Å². The molecule has 1 aromatic heterocycles. The van der Waals surface area contributed by atoms with E-state index in [1.807, 2.05) is 55.5 Å². The molecule has 0 saturated carbocycles. The SMILES string of the molecule is C=C/C=C(\C=C)c1ccc(-c2cc(C)nc(-c3ccccc3)n2)cc1. The number of hydrogen-bond donors (Lipinski definition) is 0. The first-order valence-corrected chi connectivity index (χ1v) is 8.18. The van der Waals surface area contributed by atoms with Gasteiger partial charge in [0.15, 0.2) is 5.82 Å². The fourth-order valence-electron chi connectivity index (χ4n) is 2.68. The first-order chi connectivity index (χ1) is 12.2. The Hall–Kier alpha value is -3.26. The Balaban J connectivity index is 2.00. The molecule has 1 heterocycles. The van der Waals surface area contributed by atoms with Crippen LogP contribution >= 0.6 is 0 Å². The second-order valence-corrected chi connectivity index (χ2v) is 5.72. The number of rotatable bonds is 5. The van der Waals surface area contributed by atoms with Crippen molar-refractivity contribution in [3.63, 3.8) is 0 Å². The second kappa shape index (κ2) is 7.54.